The lowest BCUT2D eigenvalue weighted by Crippen LogP contribution is -2.15. The van der Waals surface area contributed by atoms with Crippen LogP contribution in [0.2, 0.25) is 0 Å². The number of hydrogen-bond donors (Lipinski definition) is 1. The van der Waals surface area contributed by atoms with E-state index in [1.165, 1.54) is 22.3 Å². The molecule has 0 saturated heterocycles. The molecule has 0 bridgehead atoms. The van der Waals surface area contributed by atoms with Crippen LogP contribution in [0.3, 0.4) is 0 Å². The van der Waals surface area contributed by atoms with Crippen molar-refractivity contribution in [3.05, 3.63) is 53.1 Å². The Labute approximate surface area is 113 Å². The van der Waals surface area contributed by atoms with E-state index in [4.69, 9.17) is 4.74 Å². The van der Waals surface area contributed by atoms with Gasteiger partial charge in [0.15, 0.2) is 0 Å². The Hall–Kier alpha value is -1.80. The van der Waals surface area contributed by atoms with E-state index in [2.05, 4.69) is 38.1 Å². The Bertz CT molecular complexity index is 586. The van der Waals surface area contributed by atoms with Crippen molar-refractivity contribution in [3.8, 4) is 16.9 Å². The van der Waals surface area contributed by atoms with Gasteiger partial charge in [0, 0.05) is 5.41 Å². The van der Waals surface area contributed by atoms with Crippen LogP contribution in [-0.2, 0) is 12.0 Å². The first-order chi connectivity index (χ1) is 9.07. The van der Waals surface area contributed by atoms with Crippen molar-refractivity contribution in [2.45, 2.75) is 25.9 Å². The van der Waals surface area contributed by atoms with Gasteiger partial charge in [0.2, 0.25) is 0 Å². The van der Waals surface area contributed by atoms with Gasteiger partial charge >= 0.3 is 0 Å². The fourth-order valence-electron chi connectivity index (χ4n) is 2.99. The molecule has 0 fully saturated rings. The van der Waals surface area contributed by atoms with Gasteiger partial charge in [0.1, 0.15) is 5.75 Å². The maximum Gasteiger partial charge on any atom is 0.119 e. The number of ether oxygens (including phenoxy) is 1. The van der Waals surface area contributed by atoms with Gasteiger partial charge in [0.05, 0.1) is 13.7 Å². The quantitative estimate of drug-likeness (QED) is 0.889. The van der Waals surface area contributed by atoms with Crippen molar-refractivity contribution in [2.75, 3.05) is 7.11 Å². The minimum Gasteiger partial charge on any atom is -0.497 e. The molecule has 0 aliphatic heterocycles. The number of benzene rings is 2. The molecule has 0 aromatic heterocycles. The second-order valence-corrected chi connectivity index (χ2v) is 5.57. The first-order valence-corrected chi connectivity index (χ1v) is 6.51. The molecule has 1 aliphatic carbocycles. The zero-order chi connectivity index (χ0) is 13.6. The van der Waals surface area contributed by atoms with Crippen LogP contribution < -0.4 is 4.74 Å². The van der Waals surface area contributed by atoms with Gasteiger partial charge in [-0.15, -0.1) is 0 Å². The average Bonchev–Trinajstić information content (AvgIpc) is 2.67. The van der Waals surface area contributed by atoms with Crippen LogP contribution in [0.25, 0.3) is 11.1 Å². The van der Waals surface area contributed by atoms with Crippen LogP contribution in [0, 0.1) is 0 Å². The monoisotopic (exact) mass is 254 g/mol. The van der Waals surface area contributed by atoms with Gasteiger partial charge in [-0.05, 0) is 39.9 Å². The Morgan fingerprint density at radius 1 is 1.00 bits per heavy atom. The predicted octanol–water partition coefficient (Wildman–Crippen LogP) is 3.49. The summed E-state index contributed by atoms with van der Waals surface area (Å²) in [7, 11) is 1.70. The van der Waals surface area contributed by atoms with Crippen LogP contribution in [0.4, 0.5) is 0 Å². The highest BCUT2D eigenvalue weighted by atomic mass is 16.5. The molecular weight excluding hydrogens is 236 g/mol. The van der Waals surface area contributed by atoms with E-state index in [1.54, 1.807) is 7.11 Å². The van der Waals surface area contributed by atoms with Gasteiger partial charge in [-0.25, -0.2) is 0 Å². The lowest BCUT2D eigenvalue weighted by molar-refractivity contribution is 0.281. The van der Waals surface area contributed by atoms with Crippen LogP contribution in [0.15, 0.2) is 36.4 Å². The second kappa shape index (κ2) is 4.10. The smallest absolute Gasteiger partial charge is 0.119 e. The lowest BCUT2D eigenvalue weighted by Gasteiger charge is -2.22. The molecule has 2 aromatic carbocycles. The summed E-state index contributed by atoms with van der Waals surface area (Å²) in [4.78, 5) is 0. The van der Waals surface area contributed by atoms with Crippen LogP contribution in [0.1, 0.15) is 30.5 Å². The third-order valence-electron chi connectivity index (χ3n) is 4.13. The summed E-state index contributed by atoms with van der Waals surface area (Å²) in [6, 6.07) is 12.5. The van der Waals surface area contributed by atoms with Crippen LogP contribution in [-0.4, -0.2) is 12.2 Å². The molecule has 0 radical (unpaired) electrons. The van der Waals surface area contributed by atoms with Gasteiger partial charge in [-0.2, -0.15) is 0 Å². The molecule has 0 spiro atoms. The van der Waals surface area contributed by atoms with Gasteiger partial charge in [-0.3, -0.25) is 0 Å². The summed E-state index contributed by atoms with van der Waals surface area (Å²) in [5.41, 5.74) is 6.01. The largest absolute Gasteiger partial charge is 0.497 e. The first kappa shape index (κ1) is 12.2. The molecule has 0 heterocycles. The normalized spacial score (nSPS) is 14.9. The van der Waals surface area contributed by atoms with Crippen LogP contribution in [0.5, 0.6) is 5.75 Å². The van der Waals surface area contributed by atoms with E-state index in [0.717, 1.165) is 11.3 Å². The van der Waals surface area contributed by atoms with Crippen molar-refractivity contribution >= 4 is 0 Å². The van der Waals surface area contributed by atoms with E-state index in [-0.39, 0.29) is 12.0 Å². The van der Waals surface area contributed by atoms with Gasteiger partial charge in [0.25, 0.3) is 0 Å². The number of fused-ring (bicyclic) bond motifs is 3. The Morgan fingerprint density at radius 3 is 2.26 bits per heavy atom. The maximum absolute atomic E-state index is 9.32. The standard InChI is InChI=1S/C17H18O2/c1-17(2)15-8-11(10-18)4-6-13(15)14-7-5-12(19-3)9-16(14)17/h4-9,18H,10H2,1-3H3. The maximum atomic E-state index is 9.32. The molecular formula is C17H18O2. The van der Waals surface area contributed by atoms with Crippen molar-refractivity contribution in [3.63, 3.8) is 0 Å². The summed E-state index contributed by atoms with van der Waals surface area (Å²) >= 11 is 0. The third-order valence-corrected chi connectivity index (χ3v) is 4.13. The van der Waals surface area contributed by atoms with E-state index in [1.807, 2.05) is 12.1 Å². The molecule has 19 heavy (non-hydrogen) atoms. The van der Waals surface area contributed by atoms with E-state index in [9.17, 15) is 5.11 Å². The van der Waals surface area contributed by atoms with Gasteiger partial charge in [-0.1, -0.05) is 38.1 Å². The van der Waals surface area contributed by atoms with Crippen molar-refractivity contribution in [1.29, 1.82) is 0 Å². The predicted molar refractivity (Wildman–Crippen MR) is 76.5 cm³/mol. The molecule has 1 aliphatic rings. The molecule has 0 unspecified atom stereocenters. The Morgan fingerprint density at radius 2 is 1.63 bits per heavy atom. The Balaban J connectivity index is 2.26. The number of methoxy groups -OCH3 is 1. The fraction of sp³-hybridized carbons (Fsp3) is 0.294. The number of rotatable bonds is 2. The highest BCUT2D eigenvalue weighted by Crippen LogP contribution is 2.49. The summed E-state index contributed by atoms with van der Waals surface area (Å²) in [6.07, 6.45) is 0. The summed E-state index contributed by atoms with van der Waals surface area (Å²) in [5.74, 6) is 0.891. The number of hydrogen-bond acceptors (Lipinski definition) is 2. The molecule has 2 nitrogen and oxygen atoms in total. The van der Waals surface area contributed by atoms with Gasteiger partial charge < -0.3 is 9.84 Å². The second-order valence-electron chi connectivity index (χ2n) is 5.57. The highest BCUT2D eigenvalue weighted by Gasteiger charge is 2.35. The van der Waals surface area contributed by atoms with Crippen LogP contribution >= 0.6 is 0 Å². The van der Waals surface area contributed by atoms with Crippen molar-refractivity contribution in [2.24, 2.45) is 0 Å². The summed E-state index contributed by atoms with van der Waals surface area (Å²) in [6.45, 7) is 4.53. The highest BCUT2D eigenvalue weighted by molar-refractivity contribution is 5.81. The zero-order valence-electron chi connectivity index (χ0n) is 11.5. The fourth-order valence-corrected chi connectivity index (χ4v) is 2.99. The SMILES string of the molecule is COc1ccc2c(c1)C(C)(C)c1cc(CO)ccc1-2. The molecule has 0 atom stereocenters. The topological polar surface area (TPSA) is 29.5 Å². The minimum atomic E-state index is -0.0512. The number of aliphatic hydroxyl groups excluding tert-OH is 1. The Kier molecular flexibility index (Phi) is 2.64. The summed E-state index contributed by atoms with van der Waals surface area (Å²) < 4.78 is 5.34. The molecule has 1 N–H and O–H groups in total. The minimum absolute atomic E-state index is 0.0512. The molecule has 2 heteroatoms. The first-order valence-electron chi connectivity index (χ1n) is 6.51. The lowest BCUT2D eigenvalue weighted by atomic mass is 9.82. The third kappa shape index (κ3) is 1.67. The average molecular weight is 254 g/mol. The number of aliphatic hydroxyl groups is 1. The molecule has 3 rings (SSSR count). The van der Waals surface area contributed by atoms with Crippen molar-refractivity contribution in [1.82, 2.24) is 0 Å². The van der Waals surface area contributed by atoms with E-state index in [0.29, 0.717) is 0 Å². The summed E-state index contributed by atoms with van der Waals surface area (Å²) in [5, 5.41) is 9.32. The molecule has 98 valence electrons. The van der Waals surface area contributed by atoms with Crippen molar-refractivity contribution < 1.29 is 9.84 Å². The molecule has 0 saturated carbocycles. The molecule has 0 amide bonds. The van der Waals surface area contributed by atoms with E-state index < -0.39 is 0 Å². The molecule has 2 aromatic rings. The zero-order valence-corrected chi connectivity index (χ0v) is 11.5. The van der Waals surface area contributed by atoms with E-state index >= 15 is 0 Å².